The number of hydrogen-bond acceptors (Lipinski definition) is 3. The number of hydrogen-bond donors (Lipinski definition) is 3. The van der Waals surface area contributed by atoms with Gasteiger partial charge < -0.3 is 20.7 Å². The summed E-state index contributed by atoms with van der Waals surface area (Å²) in [5, 5.41) is 8.75. The molecule has 2 aromatic rings. The topological polar surface area (TPSA) is 74.8 Å². The number of nitrogens with zero attached hydrogens (tertiary/aromatic N) is 1. The Morgan fingerprint density at radius 1 is 1.03 bits per heavy atom. The SMILES string of the molecule is CN=C(NCCNC(=O)c1ccc(C)c(F)c1)NCc1ccc(OCC(F)(F)F)cc1. The summed E-state index contributed by atoms with van der Waals surface area (Å²) < 4.78 is 54.7. The number of guanidine groups is 1. The van der Waals surface area contributed by atoms with Gasteiger partial charge >= 0.3 is 6.18 Å². The maximum absolute atomic E-state index is 13.5. The highest BCUT2D eigenvalue weighted by Crippen LogP contribution is 2.18. The molecular weight excluding hydrogens is 416 g/mol. The summed E-state index contributed by atoms with van der Waals surface area (Å²) in [5.74, 6) is -0.201. The fourth-order valence-electron chi connectivity index (χ4n) is 2.47. The Morgan fingerprint density at radius 3 is 2.32 bits per heavy atom. The number of carbonyl (C=O) groups excluding carboxylic acids is 1. The van der Waals surface area contributed by atoms with Crippen LogP contribution in [0.15, 0.2) is 47.5 Å². The van der Waals surface area contributed by atoms with E-state index in [0.717, 1.165) is 5.56 Å². The van der Waals surface area contributed by atoms with Crippen LogP contribution >= 0.6 is 0 Å². The maximum Gasteiger partial charge on any atom is 0.422 e. The first-order chi connectivity index (χ1) is 14.7. The van der Waals surface area contributed by atoms with Gasteiger partial charge in [-0.05, 0) is 42.3 Å². The molecule has 0 fully saturated rings. The van der Waals surface area contributed by atoms with Gasteiger partial charge in [-0.1, -0.05) is 18.2 Å². The molecule has 0 aliphatic heterocycles. The highest BCUT2D eigenvalue weighted by molar-refractivity contribution is 5.94. The summed E-state index contributed by atoms with van der Waals surface area (Å²) in [6, 6.07) is 10.5. The molecule has 1 amide bonds. The van der Waals surface area contributed by atoms with E-state index in [0.29, 0.717) is 31.2 Å². The van der Waals surface area contributed by atoms with Crippen molar-refractivity contribution in [2.75, 3.05) is 26.7 Å². The fourth-order valence-corrected chi connectivity index (χ4v) is 2.47. The number of benzene rings is 2. The predicted octanol–water partition coefficient (Wildman–Crippen LogP) is 3.17. The summed E-state index contributed by atoms with van der Waals surface area (Å²) in [7, 11) is 1.58. The largest absolute Gasteiger partial charge is 0.484 e. The number of rotatable bonds is 8. The van der Waals surface area contributed by atoms with E-state index < -0.39 is 18.6 Å². The zero-order chi connectivity index (χ0) is 22.9. The lowest BCUT2D eigenvalue weighted by Crippen LogP contribution is -2.41. The molecule has 0 aliphatic rings. The van der Waals surface area contributed by atoms with Gasteiger partial charge in [0.15, 0.2) is 12.6 Å². The molecule has 10 heteroatoms. The summed E-state index contributed by atoms with van der Waals surface area (Å²) in [5.41, 5.74) is 1.53. The number of alkyl halides is 3. The Labute approximate surface area is 177 Å². The van der Waals surface area contributed by atoms with Gasteiger partial charge in [0.2, 0.25) is 0 Å². The molecule has 0 heterocycles. The zero-order valence-corrected chi connectivity index (χ0v) is 17.1. The Balaban J connectivity index is 1.71. The van der Waals surface area contributed by atoms with Crippen molar-refractivity contribution in [2.24, 2.45) is 4.99 Å². The molecule has 2 rings (SSSR count). The molecule has 0 spiro atoms. The molecular formula is C21H24F4N4O2. The van der Waals surface area contributed by atoms with Crippen molar-refractivity contribution in [3.05, 3.63) is 65.0 Å². The van der Waals surface area contributed by atoms with Gasteiger partial charge in [-0.25, -0.2) is 4.39 Å². The van der Waals surface area contributed by atoms with Crippen LogP contribution in [0.1, 0.15) is 21.5 Å². The van der Waals surface area contributed by atoms with Gasteiger partial charge in [0.05, 0.1) is 0 Å². The standard InChI is InChI=1S/C21H24F4N4O2/c1-14-3-6-16(11-18(14)22)19(30)27-9-10-28-20(26-2)29-12-15-4-7-17(8-5-15)31-13-21(23,24)25/h3-8,11H,9-10,12-13H2,1-2H3,(H,27,30)(H2,26,28,29). The van der Waals surface area contributed by atoms with E-state index >= 15 is 0 Å². The Bertz CT molecular complexity index is 899. The van der Waals surface area contributed by atoms with E-state index in [1.54, 1.807) is 38.2 Å². The molecule has 0 atom stereocenters. The second kappa shape index (κ2) is 11.2. The van der Waals surface area contributed by atoms with Crippen LogP contribution in [0.25, 0.3) is 0 Å². The molecule has 6 nitrogen and oxygen atoms in total. The number of aryl methyl sites for hydroxylation is 1. The van der Waals surface area contributed by atoms with Crippen LogP contribution in [0, 0.1) is 12.7 Å². The second-order valence-electron chi connectivity index (χ2n) is 6.62. The summed E-state index contributed by atoms with van der Waals surface area (Å²) in [4.78, 5) is 16.1. The molecule has 3 N–H and O–H groups in total. The number of halogens is 4. The minimum absolute atomic E-state index is 0.132. The molecule has 2 aromatic carbocycles. The Morgan fingerprint density at radius 2 is 1.71 bits per heavy atom. The minimum Gasteiger partial charge on any atom is -0.484 e. The van der Waals surface area contributed by atoms with E-state index in [9.17, 15) is 22.4 Å². The lowest BCUT2D eigenvalue weighted by molar-refractivity contribution is -0.153. The van der Waals surface area contributed by atoms with Crippen molar-refractivity contribution in [1.29, 1.82) is 0 Å². The third-order valence-corrected chi connectivity index (χ3v) is 4.15. The third kappa shape index (κ3) is 8.53. The van der Waals surface area contributed by atoms with E-state index in [1.807, 2.05) is 0 Å². The molecule has 0 aromatic heterocycles. The van der Waals surface area contributed by atoms with Gasteiger partial charge in [0.1, 0.15) is 11.6 Å². The summed E-state index contributed by atoms with van der Waals surface area (Å²) in [6.45, 7) is 1.34. The van der Waals surface area contributed by atoms with Gasteiger partial charge in [-0.15, -0.1) is 0 Å². The number of ether oxygens (including phenoxy) is 1. The molecule has 31 heavy (non-hydrogen) atoms. The quantitative estimate of drug-likeness (QED) is 0.255. The first-order valence-corrected chi connectivity index (χ1v) is 9.45. The highest BCUT2D eigenvalue weighted by atomic mass is 19.4. The Kier molecular flexibility index (Phi) is 8.65. The van der Waals surface area contributed by atoms with Crippen LogP contribution in [-0.2, 0) is 6.54 Å². The fraction of sp³-hybridized carbons (Fsp3) is 0.333. The van der Waals surface area contributed by atoms with Crippen molar-refractivity contribution in [3.8, 4) is 5.75 Å². The average Bonchev–Trinajstić information content (AvgIpc) is 2.73. The van der Waals surface area contributed by atoms with Crippen LogP contribution in [0.2, 0.25) is 0 Å². The van der Waals surface area contributed by atoms with Crippen LogP contribution < -0.4 is 20.7 Å². The minimum atomic E-state index is -4.38. The lowest BCUT2D eigenvalue weighted by Gasteiger charge is -2.13. The molecule has 0 bridgehead atoms. The summed E-state index contributed by atoms with van der Waals surface area (Å²) >= 11 is 0. The van der Waals surface area contributed by atoms with E-state index in [4.69, 9.17) is 0 Å². The predicted molar refractivity (Wildman–Crippen MR) is 110 cm³/mol. The van der Waals surface area contributed by atoms with Gasteiger partial charge in [-0.2, -0.15) is 13.2 Å². The van der Waals surface area contributed by atoms with Gasteiger partial charge in [0.25, 0.3) is 5.91 Å². The first kappa shape index (κ1) is 24.0. The van der Waals surface area contributed by atoms with Crippen LogP contribution in [0.3, 0.4) is 0 Å². The number of aliphatic imine (C=N–C) groups is 1. The Hall–Kier alpha value is -3.30. The van der Waals surface area contributed by atoms with Crippen LogP contribution in [-0.4, -0.2) is 44.8 Å². The molecule has 168 valence electrons. The average molecular weight is 440 g/mol. The smallest absolute Gasteiger partial charge is 0.422 e. The third-order valence-electron chi connectivity index (χ3n) is 4.15. The van der Waals surface area contributed by atoms with E-state index in [2.05, 4.69) is 25.7 Å². The summed E-state index contributed by atoms with van der Waals surface area (Å²) in [6.07, 6.45) is -4.38. The molecule has 0 saturated carbocycles. The van der Waals surface area contributed by atoms with Crippen molar-refractivity contribution in [2.45, 2.75) is 19.6 Å². The second-order valence-corrected chi connectivity index (χ2v) is 6.62. The number of amides is 1. The zero-order valence-electron chi connectivity index (χ0n) is 17.1. The number of nitrogens with one attached hydrogen (secondary N) is 3. The molecule has 0 radical (unpaired) electrons. The van der Waals surface area contributed by atoms with Crippen molar-refractivity contribution < 1.29 is 27.1 Å². The van der Waals surface area contributed by atoms with E-state index in [-0.39, 0.29) is 17.2 Å². The van der Waals surface area contributed by atoms with Gasteiger partial charge in [0, 0.05) is 32.2 Å². The van der Waals surface area contributed by atoms with Crippen molar-refractivity contribution >= 4 is 11.9 Å². The highest BCUT2D eigenvalue weighted by Gasteiger charge is 2.28. The van der Waals surface area contributed by atoms with E-state index in [1.165, 1.54) is 18.2 Å². The molecule has 0 saturated heterocycles. The number of carbonyl (C=O) groups is 1. The monoisotopic (exact) mass is 440 g/mol. The molecule has 0 aliphatic carbocycles. The maximum atomic E-state index is 13.5. The van der Waals surface area contributed by atoms with Crippen molar-refractivity contribution in [3.63, 3.8) is 0 Å². The van der Waals surface area contributed by atoms with Crippen LogP contribution in [0.5, 0.6) is 5.75 Å². The van der Waals surface area contributed by atoms with Crippen LogP contribution in [0.4, 0.5) is 17.6 Å². The first-order valence-electron chi connectivity index (χ1n) is 9.45. The normalized spacial score (nSPS) is 11.7. The molecule has 0 unspecified atom stereocenters. The van der Waals surface area contributed by atoms with Gasteiger partial charge in [-0.3, -0.25) is 9.79 Å². The van der Waals surface area contributed by atoms with Crippen molar-refractivity contribution in [1.82, 2.24) is 16.0 Å². The lowest BCUT2D eigenvalue weighted by atomic mass is 10.1.